The van der Waals surface area contributed by atoms with E-state index in [0.717, 1.165) is 50.7 Å². The molecule has 5 nitrogen and oxygen atoms in total. The van der Waals surface area contributed by atoms with Gasteiger partial charge in [0.25, 0.3) is 0 Å². The summed E-state index contributed by atoms with van der Waals surface area (Å²) in [7, 11) is -1.60. The van der Waals surface area contributed by atoms with Crippen LogP contribution in [0, 0.1) is 0 Å². The smallest absolute Gasteiger partial charge is 0.137 e. The van der Waals surface area contributed by atoms with Crippen LogP contribution in [-0.2, 0) is 5.41 Å². The molecule has 3 heterocycles. The van der Waals surface area contributed by atoms with Crippen molar-refractivity contribution in [3.63, 3.8) is 0 Å². The van der Waals surface area contributed by atoms with Crippen LogP contribution in [0.1, 0.15) is 22.3 Å². The maximum atomic E-state index is 7.12. The number of aromatic nitrogens is 2. The highest BCUT2D eigenvalue weighted by atomic mass is 28.3. The van der Waals surface area contributed by atoms with Crippen LogP contribution in [-0.4, -0.2) is 24.3 Å². The summed E-state index contributed by atoms with van der Waals surface area (Å²) in [6.07, 6.45) is 6.28. The lowest BCUT2D eigenvalue weighted by molar-refractivity contribution is 0.481. The number of benzene rings is 7. The molecular weight excluding hydrogens is 749 g/mol. The maximum Gasteiger partial charge on any atom is 0.137 e. The minimum atomic E-state index is -1.60. The molecule has 0 saturated heterocycles. The Morgan fingerprint density at radius 2 is 1.05 bits per heavy atom. The topological polar surface area (TPSA) is 33.5 Å². The molecule has 10 rings (SSSR count). The second-order valence-electron chi connectivity index (χ2n) is 16.6. The SMILES string of the molecule is C[Si](C)(C)c1ccnc(-n2c3ccccc3c3ccc(Oc4cc(N5C=CN(c6ccccc6)C5)cc(C(c5ccccc5)(c5ccccc5)c5ccccc5)c4)cc32)c1. The number of nitrogens with zero attached hydrogens (tertiary/aromatic N) is 4. The largest absolute Gasteiger partial charge is 0.457 e. The first-order valence-corrected chi connectivity index (χ1v) is 24.1. The molecule has 1 aliphatic rings. The van der Waals surface area contributed by atoms with E-state index in [4.69, 9.17) is 9.72 Å². The second kappa shape index (κ2) is 15.2. The van der Waals surface area contributed by atoms with E-state index in [1.54, 1.807) is 0 Å². The van der Waals surface area contributed by atoms with Gasteiger partial charge in [-0.1, -0.05) is 152 Å². The number of pyridine rings is 1. The van der Waals surface area contributed by atoms with Gasteiger partial charge >= 0.3 is 0 Å². The highest BCUT2D eigenvalue weighted by molar-refractivity contribution is 6.88. The molecule has 6 heteroatoms. The Morgan fingerprint density at radius 3 is 1.68 bits per heavy atom. The summed E-state index contributed by atoms with van der Waals surface area (Å²) in [6.45, 7) is 7.81. The molecule has 0 aliphatic carbocycles. The summed E-state index contributed by atoms with van der Waals surface area (Å²) in [6, 6.07) is 69.4. The fourth-order valence-electron chi connectivity index (χ4n) is 8.87. The lowest BCUT2D eigenvalue weighted by Gasteiger charge is -2.37. The van der Waals surface area contributed by atoms with Crippen molar-refractivity contribution >= 4 is 46.4 Å². The molecule has 0 radical (unpaired) electrons. The number of fused-ring (bicyclic) bond motifs is 3. The summed E-state index contributed by atoms with van der Waals surface area (Å²) in [5.41, 5.74) is 8.32. The molecule has 0 N–H and O–H groups in total. The van der Waals surface area contributed by atoms with Gasteiger partial charge in [0.05, 0.1) is 31.2 Å². The predicted molar refractivity (Wildman–Crippen MR) is 252 cm³/mol. The van der Waals surface area contributed by atoms with Gasteiger partial charge in [0.15, 0.2) is 0 Å². The Kier molecular flexibility index (Phi) is 9.42. The molecule has 1 aliphatic heterocycles. The Hall–Kier alpha value is -7.15. The molecule has 9 aromatic rings. The van der Waals surface area contributed by atoms with E-state index in [9.17, 15) is 0 Å². The zero-order valence-electron chi connectivity index (χ0n) is 34.1. The molecule has 60 heavy (non-hydrogen) atoms. The van der Waals surface area contributed by atoms with Gasteiger partial charge in [0.2, 0.25) is 0 Å². The van der Waals surface area contributed by atoms with E-state index < -0.39 is 13.5 Å². The van der Waals surface area contributed by atoms with Crippen molar-refractivity contribution in [1.82, 2.24) is 9.55 Å². The van der Waals surface area contributed by atoms with Gasteiger partial charge in [-0.05, 0) is 76.9 Å². The summed E-state index contributed by atoms with van der Waals surface area (Å²) in [5, 5.41) is 3.72. The van der Waals surface area contributed by atoms with Crippen LogP contribution < -0.4 is 19.7 Å². The Balaban J connectivity index is 1.17. The standard InChI is InChI=1S/C54H46N4OSi/c1-60(2,3)48-30-31-55-53(38-48)58-51-27-17-16-26-49(51)50-29-28-46(37-52(50)58)59-47-35-43(34-45(36-47)57-33-32-56(39-57)44-24-14-7-15-25-44)54(40-18-8-4-9-19-40,41-20-10-5-11-21-41)42-22-12-6-13-23-42/h4-38H,39H2,1-3H3. The number of hydrogen-bond acceptors (Lipinski definition) is 4. The van der Waals surface area contributed by atoms with Crippen molar-refractivity contribution in [2.24, 2.45) is 0 Å². The summed E-state index contributed by atoms with van der Waals surface area (Å²) < 4.78 is 9.41. The first-order valence-electron chi connectivity index (χ1n) is 20.6. The van der Waals surface area contributed by atoms with Gasteiger partial charge in [0.1, 0.15) is 17.3 Å². The highest BCUT2D eigenvalue weighted by Crippen LogP contribution is 2.48. The van der Waals surface area contributed by atoms with Gasteiger partial charge in [-0.3, -0.25) is 4.57 Å². The quantitative estimate of drug-likeness (QED) is 0.102. The van der Waals surface area contributed by atoms with E-state index in [-0.39, 0.29) is 0 Å². The number of rotatable bonds is 10. The number of hydrogen-bond donors (Lipinski definition) is 0. The fourth-order valence-corrected chi connectivity index (χ4v) is 10.0. The van der Waals surface area contributed by atoms with Crippen molar-refractivity contribution in [2.75, 3.05) is 16.5 Å². The second-order valence-corrected chi connectivity index (χ2v) is 21.6. The van der Waals surface area contributed by atoms with E-state index in [2.05, 4.69) is 241 Å². The van der Waals surface area contributed by atoms with E-state index in [0.29, 0.717) is 6.67 Å². The number of para-hydroxylation sites is 2. The predicted octanol–water partition coefficient (Wildman–Crippen LogP) is 12.7. The minimum Gasteiger partial charge on any atom is -0.457 e. The van der Waals surface area contributed by atoms with Crippen LogP contribution in [0.5, 0.6) is 11.5 Å². The molecule has 0 fully saturated rings. The average molecular weight is 795 g/mol. The molecule has 7 aromatic carbocycles. The van der Waals surface area contributed by atoms with Crippen molar-refractivity contribution in [1.29, 1.82) is 0 Å². The molecule has 2 aromatic heterocycles. The zero-order chi connectivity index (χ0) is 40.7. The maximum absolute atomic E-state index is 7.12. The van der Waals surface area contributed by atoms with Crippen LogP contribution >= 0.6 is 0 Å². The molecule has 292 valence electrons. The van der Waals surface area contributed by atoms with Crippen molar-refractivity contribution in [2.45, 2.75) is 25.1 Å². The molecular formula is C54H46N4OSi. The van der Waals surface area contributed by atoms with Crippen LogP contribution in [0.3, 0.4) is 0 Å². The first kappa shape index (κ1) is 37.1. The normalized spacial score (nSPS) is 13.1. The highest BCUT2D eigenvalue weighted by Gasteiger charge is 2.39. The third-order valence-corrected chi connectivity index (χ3v) is 13.9. The van der Waals surface area contributed by atoms with Gasteiger partial charge in [-0.15, -0.1) is 0 Å². The minimum absolute atomic E-state index is 0.663. The summed E-state index contributed by atoms with van der Waals surface area (Å²) in [5.74, 6) is 2.43. The van der Waals surface area contributed by atoms with Gasteiger partial charge < -0.3 is 14.5 Å². The van der Waals surface area contributed by atoms with Crippen molar-refractivity contribution in [3.8, 4) is 17.3 Å². The molecule has 0 spiro atoms. The Morgan fingerprint density at radius 1 is 0.483 bits per heavy atom. The van der Waals surface area contributed by atoms with Crippen LogP contribution in [0.4, 0.5) is 11.4 Å². The first-order chi connectivity index (χ1) is 29.4. The molecule has 0 atom stereocenters. The molecule has 0 bridgehead atoms. The number of anilines is 2. The number of ether oxygens (including phenoxy) is 1. The van der Waals surface area contributed by atoms with E-state index >= 15 is 0 Å². The third kappa shape index (κ3) is 6.65. The fraction of sp³-hybridized carbons (Fsp3) is 0.0926. The van der Waals surface area contributed by atoms with Gasteiger partial charge in [-0.25, -0.2) is 4.98 Å². The van der Waals surface area contributed by atoms with Crippen molar-refractivity contribution in [3.05, 3.63) is 235 Å². The molecule has 0 amide bonds. The molecule has 0 saturated carbocycles. The van der Waals surface area contributed by atoms with Crippen LogP contribution in [0.15, 0.2) is 213 Å². The monoisotopic (exact) mass is 794 g/mol. The van der Waals surface area contributed by atoms with Crippen molar-refractivity contribution < 1.29 is 4.74 Å². The van der Waals surface area contributed by atoms with Crippen LogP contribution in [0.25, 0.3) is 27.6 Å². The molecule has 0 unspecified atom stereocenters. The zero-order valence-corrected chi connectivity index (χ0v) is 35.1. The van der Waals surface area contributed by atoms with Gasteiger partial charge in [0, 0.05) is 52.9 Å². The third-order valence-electron chi connectivity index (χ3n) is 11.8. The van der Waals surface area contributed by atoms with E-state index in [1.165, 1.54) is 27.3 Å². The van der Waals surface area contributed by atoms with Gasteiger partial charge in [-0.2, -0.15) is 0 Å². The van der Waals surface area contributed by atoms with E-state index in [1.807, 2.05) is 6.20 Å². The lowest BCUT2D eigenvalue weighted by atomic mass is 9.65. The average Bonchev–Trinajstić information content (AvgIpc) is 3.92. The van der Waals surface area contributed by atoms with Crippen LogP contribution in [0.2, 0.25) is 19.6 Å². The summed E-state index contributed by atoms with van der Waals surface area (Å²) >= 11 is 0. The Labute approximate surface area is 353 Å². The summed E-state index contributed by atoms with van der Waals surface area (Å²) in [4.78, 5) is 9.51. The Bertz CT molecular complexity index is 2880. The lowest BCUT2D eigenvalue weighted by Crippen LogP contribution is -2.37.